The molecular weight excluding hydrogens is 341 g/mol. The summed E-state index contributed by atoms with van der Waals surface area (Å²) in [5, 5.41) is 19.5. The van der Waals surface area contributed by atoms with E-state index >= 15 is 0 Å². The molecule has 0 saturated carbocycles. The van der Waals surface area contributed by atoms with Gasteiger partial charge < -0.3 is 5.11 Å². The number of halogens is 3. The van der Waals surface area contributed by atoms with Crippen molar-refractivity contribution >= 4 is 62.1 Å². The minimum Gasteiger partial charge on any atom is -0.395 e. The van der Waals surface area contributed by atoms with Crippen molar-refractivity contribution in [2.45, 2.75) is 11.8 Å². The number of hydrogen-bond acceptors (Lipinski definition) is 5. The van der Waals surface area contributed by atoms with Crippen LogP contribution in [-0.2, 0) is 0 Å². The summed E-state index contributed by atoms with van der Waals surface area (Å²) in [6.45, 7) is 1.67. The number of benzene rings is 1. The predicted molar refractivity (Wildman–Crippen MR) is 78.3 cm³/mol. The Morgan fingerprint density at radius 2 is 1.89 bits per heavy atom. The third kappa shape index (κ3) is 3.37. The van der Waals surface area contributed by atoms with Crippen LogP contribution in [0.25, 0.3) is 0 Å². The number of hydrogen-bond donors (Lipinski definition) is 1. The van der Waals surface area contributed by atoms with Gasteiger partial charge in [0.2, 0.25) is 0 Å². The van der Waals surface area contributed by atoms with E-state index in [0.29, 0.717) is 16.2 Å². The highest BCUT2D eigenvalue weighted by atomic mass is 35.5. The number of rotatable bonds is 5. The predicted octanol–water partition coefficient (Wildman–Crippen LogP) is 4.60. The quantitative estimate of drug-likeness (QED) is 0.277. The van der Waals surface area contributed by atoms with E-state index in [2.05, 4.69) is 0 Å². The maximum absolute atomic E-state index is 10.9. The first-order chi connectivity index (χ1) is 8.41. The number of nitrogens with zero attached hydrogens (tertiary/aromatic N) is 1. The summed E-state index contributed by atoms with van der Waals surface area (Å²) in [6.07, 6.45) is 0. The van der Waals surface area contributed by atoms with Crippen LogP contribution in [0.15, 0.2) is 4.90 Å². The van der Waals surface area contributed by atoms with E-state index in [0.717, 1.165) is 0 Å². The highest BCUT2D eigenvalue weighted by Crippen LogP contribution is 2.49. The van der Waals surface area contributed by atoms with E-state index in [-0.39, 0.29) is 27.4 Å². The molecule has 0 aromatic heterocycles. The molecule has 0 atom stereocenters. The number of aliphatic hydroxyl groups is 1. The molecule has 0 spiro atoms. The molecule has 0 heterocycles. The van der Waals surface area contributed by atoms with Gasteiger partial charge in [-0.1, -0.05) is 56.4 Å². The van der Waals surface area contributed by atoms with Gasteiger partial charge in [0, 0.05) is 10.6 Å². The third-order valence-electron chi connectivity index (χ3n) is 1.98. The Balaban J connectivity index is 3.26. The first kappa shape index (κ1) is 16.2. The molecule has 1 rings (SSSR count). The smallest absolute Gasteiger partial charge is 0.308 e. The zero-order valence-electron chi connectivity index (χ0n) is 9.08. The van der Waals surface area contributed by atoms with Crippen molar-refractivity contribution < 1.29 is 10.0 Å². The van der Waals surface area contributed by atoms with Gasteiger partial charge in [-0.25, -0.2) is 0 Å². The van der Waals surface area contributed by atoms with E-state index < -0.39 is 4.92 Å². The van der Waals surface area contributed by atoms with Crippen LogP contribution in [0.4, 0.5) is 5.69 Å². The maximum atomic E-state index is 10.9. The van der Waals surface area contributed by atoms with Crippen LogP contribution in [0.5, 0.6) is 0 Å². The zero-order chi connectivity index (χ0) is 13.9. The molecule has 18 heavy (non-hydrogen) atoms. The molecule has 4 nitrogen and oxygen atoms in total. The highest BCUT2D eigenvalue weighted by molar-refractivity contribution is 8.76. The maximum Gasteiger partial charge on any atom is 0.308 e. The lowest BCUT2D eigenvalue weighted by Crippen LogP contribution is -1.95. The molecule has 0 aliphatic rings. The van der Waals surface area contributed by atoms with Gasteiger partial charge in [-0.2, -0.15) is 0 Å². The number of aliphatic hydroxyl groups excluding tert-OH is 1. The molecule has 1 aromatic carbocycles. The van der Waals surface area contributed by atoms with E-state index in [4.69, 9.17) is 39.9 Å². The van der Waals surface area contributed by atoms with Crippen molar-refractivity contribution in [1.29, 1.82) is 0 Å². The van der Waals surface area contributed by atoms with Crippen LogP contribution in [0.3, 0.4) is 0 Å². The second-order valence-corrected chi connectivity index (χ2v) is 6.69. The average Bonchev–Trinajstić information content (AvgIpc) is 2.31. The first-order valence-electron chi connectivity index (χ1n) is 4.63. The second kappa shape index (κ2) is 7.07. The molecular formula is C9H8Cl3NO3S2. The van der Waals surface area contributed by atoms with Gasteiger partial charge in [-0.15, -0.1) is 0 Å². The van der Waals surface area contributed by atoms with Crippen LogP contribution < -0.4 is 0 Å². The van der Waals surface area contributed by atoms with Crippen LogP contribution in [0, 0.1) is 17.0 Å². The van der Waals surface area contributed by atoms with Gasteiger partial charge in [0.15, 0.2) is 0 Å². The van der Waals surface area contributed by atoms with Crippen LogP contribution >= 0.6 is 56.4 Å². The van der Waals surface area contributed by atoms with Gasteiger partial charge in [0.25, 0.3) is 0 Å². The fraction of sp³-hybridized carbons (Fsp3) is 0.333. The number of nitro groups is 1. The SMILES string of the molecule is Cc1c(Cl)c([N+](=O)[O-])c(Cl)c(Cl)c1SSCCO. The van der Waals surface area contributed by atoms with Crippen molar-refractivity contribution in [2.75, 3.05) is 12.4 Å². The summed E-state index contributed by atoms with van der Waals surface area (Å²) in [5.41, 5.74) is 0.130. The molecule has 0 radical (unpaired) electrons. The molecule has 1 N–H and O–H groups in total. The third-order valence-corrected chi connectivity index (χ3v) is 5.89. The standard InChI is InChI=1S/C9H8Cl3NO3S2/c1-4-5(10)8(13(15)16)6(11)7(12)9(4)18-17-3-2-14/h14H,2-3H2,1H3. The van der Waals surface area contributed by atoms with E-state index in [1.54, 1.807) is 6.92 Å². The Kier molecular flexibility index (Phi) is 6.37. The lowest BCUT2D eigenvalue weighted by molar-refractivity contribution is -0.384. The van der Waals surface area contributed by atoms with Crippen LogP contribution in [0.1, 0.15) is 5.56 Å². The van der Waals surface area contributed by atoms with Crippen molar-refractivity contribution in [3.63, 3.8) is 0 Å². The van der Waals surface area contributed by atoms with Gasteiger partial charge in [-0.05, 0) is 12.5 Å². The Morgan fingerprint density at radius 1 is 1.28 bits per heavy atom. The van der Waals surface area contributed by atoms with Crippen LogP contribution in [-0.4, -0.2) is 22.4 Å². The van der Waals surface area contributed by atoms with Gasteiger partial charge in [0.1, 0.15) is 10.0 Å². The molecule has 1 aromatic rings. The minimum atomic E-state index is -0.654. The van der Waals surface area contributed by atoms with Crippen molar-refractivity contribution in [1.82, 2.24) is 0 Å². The first-order valence-corrected chi connectivity index (χ1v) is 8.08. The normalized spacial score (nSPS) is 10.7. The minimum absolute atomic E-state index is 0.0125. The second-order valence-electron chi connectivity index (χ2n) is 3.13. The average molecular weight is 349 g/mol. The molecule has 100 valence electrons. The Hall–Kier alpha value is 0.150. The summed E-state index contributed by atoms with van der Waals surface area (Å²) in [4.78, 5) is 10.8. The molecule has 0 amide bonds. The van der Waals surface area contributed by atoms with E-state index in [1.165, 1.54) is 21.6 Å². The van der Waals surface area contributed by atoms with Crippen molar-refractivity contribution in [3.05, 3.63) is 30.7 Å². The largest absolute Gasteiger partial charge is 0.395 e. The molecule has 0 unspecified atom stereocenters. The zero-order valence-corrected chi connectivity index (χ0v) is 13.0. The number of nitro benzene ring substituents is 1. The summed E-state index contributed by atoms with van der Waals surface area (Å²) < 4.78 is 0. The van der Waals surface area contributed by atoms with Crippen molar-refractivity contribution in [2.24, 2.45) is 0 Å². The fourth-order valence-electron chi connectivity index (χ4n) is 1.14. The van der Waals surface area contributed by atoms with E-state index in [1.807, 2.05) is 0 Å². The summed E-state index contributed by atoms with van der Waals surface area (Å²) in [6, 6.07) is 0. The topological polar surface area (TPSA) is 63.4 Å². The molecule has 0 aliphatic carbocycles. The van der Waals surface area contributed by atoms with Gasteiger partial charge in [0.05, 0.1) is 16.6 Å². The summed E-state index contributed by atoms with van der Waals surface area (Å²) in [7, 11) is 2.64. The molecule has 0 fully saturated rings. The monoisotopic (exact) mass is 347 g/mol. The fourth-order valence-corrected chi connectivity index (χ4v) is 4.43. The molecule has 9 heteroatoms. The summed E-state index contributed by atoms with van der Waals surface area (Å²) >= 11 is 17.8. The van der Waals surface area contributed by atoms with Gasteiger partial charge in [-0.3, -0.25) is 10.1 Å². The summed E-state index contributed by atoms with van der Waals surface area (Å²) in [5.74, 6) is 0.507. The highest BCUT2D eigenvalue weighted by Gasteiger charge is 2.27. The van der Waals surface area contributed by atoms with Gasteiger partial charge >= 0.3 is 5.69 Å². The Labute approximate surface area is 127 Å². The van der Waals surface area contributed by atoms with Crippen LogP contribution in [0.2, 0.25) is 15.1 Å². The van der Waals surface area contributed by atoms with E-state index in [9.17, 15) is 10.1 Å². The Bertz CT molecular complexity index is 456. The molecule has 0 bridgehead atoms. The molecule has 0 aliphatic heterocycles. The lowest BCUT2D eigenvalue weighted by Gasteiger charge is -2.11. The molecule has 0 saturated heterocycles. The van der Waals surface area contributed by atoms with Crippen molar-refractivity contribution in [3.8, 4) is 0 Å². The Morgan fingerprint density at radius 3 is 2.39 bits per heavy atom. The lowest BCUT2D eigenvalue weighted by atomic mass is 10.2.